The molecule has 0 bridgehead atoms. The molecule has 1 saturated carbocycles. The van der Waals surface area contributed by atoms with Crippen LogP contribution in [0.4, 0.5) is 11.5 Å². The number of rotatable bonds is 4. The summed E-state index contributed by atoms with van der Waals surface area (Å²) in [4.78, 5) is 16.9. The molecule has 1 aromatic carbocycles. The fourth-order valence-corrected chi connectivity index (χ4v) is 2.97. The zero-order valence-electron chi connectivity index (χ0n) is 13.5. The highest BCUT2D eigenvalue weighted by Crippen LogP contribution is 2.21. The number of benzene rings is 1. The third-order valence-corrected chi connectivity index (χ3v) is 4.31. The third-order valence-electron chi connectivity index (χ3n) is 4.31. The van der Waals surface area contributed by atoms with Gasteiger partial charge in [0.05, 0.1) is 5.56 Å². The first-order valence-electron chi connectivity index (χ1n) is 8.32. The van der Waals surface area contributed by atoms with Crippen molar-refractivity contribution in [2.24, 2.45) is 0 Å². The summed E-state index contributed by atoms with van der Waals surface area (Å²) in [6.07, 6.45) is 7.53. The second-order valence-electron chi connectivity index (χ2n) is 6.20. The lowest BCUT2D eigenvalue weighted by molar-refractivity contribution is 0.0928. The standard InChI is InChI=1S/C19H23N3O/c1-14-9-11-16(12-10-14)21-18-17(8-5-13-20-18)19(23)22-15-6-3-2-4-7-15/h5,8-13,15H,2-4,6-7H2,1H3,(H,20,21)(H,22,23). The highest BCUT2D eigenvalue weighted by molar-refractivity contribution is 5.99. The predicted molar refractivity (Wildman–Crippen MR) is 93.0 cm³/mol. The number of hydrogen-bond acceptors (Lipinski definition) is 3. The molecule has 2 aromatic rings. The van der Waals surface area contributed by atoms with Crippen molar-refractivity contribution in [1.82, 2.24) is 10.3 Å². The first-order valence-corrected chi connectivity index (χ1v) is 8.32. The molecular weight excluding hydrogens is 286 g/mol. The number of nitrogens with one attached hydrogen (secondary N) is 2. The molecule has 0 radical (unpaired) electrons. The summed E-state index contributed by atoms with van der Waals surface area (Å²) in [6.45, 7) is 2.05. The lowest BCUT2D eigenvalue weighted by Gasteiger charge is -2.23. The maximum absolute atomic E-state index is 12.6. The van der Waals surface area contributed by atoms with E-state index in [1.807, 2.05) is 37.3 Å². The number of nitrogens with zero attached hydrogens (tertiary/aromatic N) is 1. The highest BCUT2D eigenvalue weighted by Gasteiger charge is 2.19. The smallest absolute Gasteiger partial charge is 0.255 e. The maximum Gasteiger partial charge on any atom is 0.255 e. The molecule has 1 heterocycles. The average Bonchev–Trinajstić information content (AvgIpc) is 2.58. The Morgan fingerprint density at radius 1 is 1.09 bits per heavy atom. The summed E-state index contributed by atoms with van der Waals surface area (Å²) >= 11 is 0. The molecule has 1 fully saturated rings. The van der Waals surface area contributed by atoms with Crippen LogP contribution < -0.4 is 10.6 Å². The van der Waals surface area contributed by atoms with Crippen LogP contribution in [-0.2, 0) is 0 Å². The summed E-state index contributed by atoms with van der Waals surface area (Å²) in [7, 11) is 0. The van der Waals surface area contributed by atoms with E-state index in [0.29, 0.717) is 17.4 Å². The van der Waals surface area contributed by atoms with Crippen molar-refractivity contribution < 1.29 is 4.79 Å². The molecule has 2 N–H and O–H groups in total. The van der Waals surface area contributed by atoms with Gasteiger partial charge in [-0.3, -0.25) is 4.79 Å². The van der Waals surface area contributed by atoms with E-state index in [4.69, 9.17) is 0 Å². The first kappa shape index (κ1) is 15.5. The van der Waals surface area contributed by atoms with E-state index < -0.39 is 0 Å². The lowest BCUT2D eigenvalue weighted by atomic mass is 9.95. The van der Waals surface area contributed by atoms with Crippen molar-refractivity contribution in [1.29, 1.82) is 0 Å². The molecule has 1 amide bonds. The minimum atomic E-state index is -0.0420. The number of carbonyl (C=O) groups is 1. The Morgan fingerprint density at radius 3 is 2.57 bits per heavy atom. The molecule has 0 unspecified atom stereocenters. The average molecular weight is 309 g/mol. The largest absolute Gasteiger partial charge is 0.349 e. The Kier molecular flexibility index (Phi) is 4.91. The molecule has 1 aliphatic rings. The number of amides is 1. The summed E-state index contributed by atoms with van der Waals surface area (Å²) in [5.41, 5.74) is 2.73. The van der Waals surface area contributed by atoms with Crippen LogP contribution in [0.5, 0.6) is 0 Å². The van der Waals surface area contributed by atoms with Crippen molar-refractivity contribution in [2.45, 2.75) is 45.1 Å². The second kappa shape index (κ2) is 7.27. The molecule has 0 atom stereocenters. The molecule has 1 aromatic heterocycles. The Morgan fingerprint density at radius 2 is 1.83 bits per heavy atom. The second-order valence-corrected chi connectivity index (χ2v) is 6.20. The fourth-order valence-electron chi connectivity index (χ4n) is 2.97. The van der Waals surface area contributed by atoms with E-state index >= 15 is 0 Å². The Bertz CT molecular complexity index is 661. The zero-order chi connectivity index (χ0) is 16.1. The van der Waals surface area contributed by atoms with Crippen LogP contribution in [0.15, 0.2) is 42.6 Å². The van der Waals surface area contributed by atoms with Gasteiger partial charge in [-0.25, -0.2) is 4.98 Å². The van der Waals surface area contributed by atoms with E-state index in [1.54, 1.807) is 12.3 Å². The zero-order valence-corrected chi connectivity index (χ0v) is 13.5. The number of carbonyl (C=O) groups excluding carboxylic acids is 1. The third kappa shape index (κ3) is 4.09. The van der Waals surface area contributed by atoms with E-state index in [1.165, 1.54) is 24.8 Å². The maximum atomic E-state index is 12.6. The van der Waals surface area contributed by atoms with Gasteiger partial charge in [-0.15, -0.1) is 0 Å². The molecule has 0 spiro atoms. The highest BCUT2D eigenvalue weighted by atomic mass is 16.1. The number of pyridine rings is 1. The molecule has 120 valence electrons. The van der Waals surface area contributed by atoms with Gasteiger partial charge in [0.2, 0.25) is 0 Å². The summed E-state index contributed by atoms with van der Waals surface area (Å²) in [5.74, 6) is 0.560. The molecule has 0 saturated heterocycles. The summed E-state index contributed by atoms with van der Waals surface area (Å²) in [5, 5.41) is 6.40. The van der Waals surface area contributed by atoms with Gasteiger partial charge in [0.1, 0.15) is 5.82 Å². The van der Waals surface area contributed by atoms with Crippen molar-refractivity contribution in [3.8, 4) is 0 Å². The van der Waals surface area contributed by atoms with Gasteiger partial charge < -0.3 is 10.6 Å². The van der Waals surface area contributed by atoms with Gasteiger partial charge >= 0.3 is 0 Å². The van der Waals surface area contributed by atoms with E-state index in [9.17, 15) is 4.79 Å². The van der Waals surface area contributed by atoms with Gasteiger partial charge in [0.25, 0.3) is 5.91 Å². The Balaban J connectivity index is 1.74. The molecule has 3 rings (SSSR count). The number of aromatic nitrogens is 1. The molecule has 4 heteroatoms. The number of hydrogen-bond donors (Lipinski definition) is 2. The molecule has 23 heavy (non-hydrogen) atoms. The van der Waals surface area contributed by atoms with E-state index in [2.05, 4.69) is 15.6 Å². The minimum absolute atomic E-state index is 0.0420. The van der Waals surface area contributed by atoms with E-state index in [-0.39, 0.29) is 5.91 Å². The van der Waals surface area contributed by atoms with Gasteiger partial charge in [0, 0.05) is 17.9 Å². The van der Waals surface area contributed by atoms with Crippen LogP contribution in [0.2, 0.25) is 0 Å². The summed E-state index contributed by atoms with van der Waals surface area (Å²) in [6, 6.07) is 12.0. The topological polar surface area (TPSA) is 54.0 Å². The van der Waals surface area contributed by atoms with Crippen LogP contribution in [-0.4, -0.2) is 16.9 Å². The molecular formula is C19H23N3O. The monoisotopic (exact) mass is 309 g/mol. The van der Waals surface area contributed by atoms with Crippen LogP contribution in [0, 0.1) is 6.92 Å². The van der Waals surface area contributed by atoms with Crippen molar-refractivity contribution in [3.63, 3.8) is 0 Å². The minimum Gasteiger partial charge on any atom is -0.349 e. The van der Waals surface area contributed by atoms with Gasteiger partial charge in [-0.05, 0) is 44.0 Å². The Labute approximate surface area is 137 Å². The van der Waals surface area contributed by atoms with Crippen molar-refractivity contribution in [2.75, 3.05) is 5.32 Å². The number of anilines is 2. The van der Waals surface area contributed by atoms with Crippen LogP contribution in [0.3, 0.4) is 0 Å². The van der Waals surface area contributed by atoms with Gasteiger partial charge in [-0.2, -0.15) is 0 Å². The molecule has 1 aliphatic carbocycles. The van der Waals surface area contributed by atoms with E-state index in [0.717, 1.165) is 18.5 Å². The first-order chi connectivity index (χ1) is 11.2. The van der Waals surface area contributed by atoms with Crippen LogP contribution in [0.1, 0.15) is 48.0 Å². The fraction of sp³-hybridized carbons (Fsp3) is 0.368. The predicted octanol–water partition coefficient (Wildman–Crippen LogP) is 4.20. The SMILES string of the molecule is Cc1ccc(Nc2ncccc2C(=O)NC2CCCCC2)cc1. The molecule has 0 aliphatic heterocycles. The van der Waals surface area contributed by atoms with Crippen molar-refractivity contribution >= 4 is 17.4 Å². The van der Waals surface area contributed by atoms with Gasteiger partial charge in [-0.1, -0.05) is 37.0 Å². The van der Waals surface area contributed by atoms with Crippen LogP contribution in [0.25, 0.3) is 0 Å². The lowest BCUT2D eigenvalue weighted by Crippen LogP contribution is -2.36. The quantitative estimate of drug-likeness (QED) is 0.890. The molecule has 4 nitrogen and oxygen atoms in total. The normalized spacial score (nSPS) is 15.2. The van der Waals surface area contributed by atoms with Crippen LogP contribution >= 0.6 is 0 Å². The summed E-state index contributed by atoms with van der Waals surface area (Å²) < 4.78 is 0. The number of aryl methyl sites for hydroxylation is 1. The van der Waals surface area contributed by atoms with Gasteiger partial charge in [0.15, 0.2) is 0 Å². The van der Waals surface area contributed by atoms with Crippen molar-refractivity contribution in [3.05, 3.63) is 53.7 Å². The Hall–Kier alpha value is -2.36.